The molecule has 0 fully saturated rings. The van der Waals surface area contributed by atoms with Crippen LogP contribution in [0.15, 0.2) is 6.20 Å². The van der Waals surface area contributed by atoms with E-state index in [-0.39, 0.29) is 6.10 Å². The summed E-state index contributed by atoms with van der Waals surface area (Å²) in [5, 5.41) is 14.2. The van der Waals surface area contributed by atoms with Crippen molar-refractivity contribution >= 4 is 0 Å². The molecule has 0 amide bonds. The van der Waals surface area contributed by atoms with E-state index >= 15 is 0 Å². The number of rotatable bonds is 1. The second-order valence-electron chi connectivity index (χ2n) is 4.01. The van der Waals surface area contributed by atoms with E-state index in [0.717, 1.165) is 30.5 Å². The summed E-state index contributed by atoms with van der Waals surface area (Å²) in [5.74, 6) is 0. The highest BCUT2D eigenvalue weighted by atomic mass is 16.3. The minimum Gasteiger partial charge on any atom is -0.388 e. The highest BCUT2D eigenvalue weighted by Crippen LogP contribution is 2.29. The third-order valence-electron chi connectivity index (χ3n) is 2.62. The van der Waals surface area contributed by atoms with Crippen LogP contribution in [0.1, 0.15) is 50.1 Å². The van der Waals surface area contributed by atoms with E-state index in [1.807, 2.05) is 10.9 Å². The van der Waals surface area contributed by atoms with E-state index < -0.39 is 0 Å². The lowest BCUT2D eigenvalue weighted by atomic mass is 9.96. The maximum absolute atomic E-state index is 9.70. The van der Waals surface area contributed by atoms with Crippen LogP contribution in [0.5, 0.6) is 0 Å². The quantitative estimate of drug-likeness (QED) is 0.716. The third kappa shape index (κ3) is 1.48. The molecule has 1 aliphatic rings. The Morgan fingerprint density at radius 3 is 3.00 bits per heavy atom. The molecule has 72 valence electrons. The number of hydrogen-bond acceptors (Lipinski definition) is 2. The summed E-state index contributed by atoms with van der Waals surface area (Å²) in [6.07, 6.45) is 4.67. The molecule has 1 N–H and O–H groups in total. The van der Waals surface area contributed by atoms with Gasteiger partial charge in [0.25, 0.3) is 0 Å². The molecule has 0 radical (unpaired) electrons. The lowest BCUT2D eigenvalue weighted by Gasteiger charge is -2.14. The average Bonchev–Trinajstić information content (AvgIpc) is 2.49. The molecule has 0 aromatic carbocycles. The van der Waals surface area contributed by atoms with Crippen molar-refractivity contribution in [1.29, 1.82) is 0 Å². The van der Waals surface area contributed by atoms with Crippen molar-refractivity contribution in [2.75, 3.05) is 0 Å². The van der Waals surface area contributed by atoms with Gasteiger partial charge in [-0.2, -0.15) is 5.10 Å². The molecule has 0 aliphatic heterocycles. The highest BCUT2D eigenvalue weighted by Gasteiger charge is 2.21. The molecule has 3 nitrogen and oxygen atoms in total. The Morgan fingerprint density at radius 1 is 1.62 bits per heavy atom. The summed E-state index contributed by atoms with van der Waals surface area (Å²) >= 11 is 0. The monoisotopic (exact) mass is 180 g/mol. The number of nitrogens with zero attached hydrogens (tertiary/aromatic N) is 2. The van der Waals surface area contributed by atoms with Gasteiger partial charge in [0.15, 0.2) is 0 Å². The summed E-state index contributed by atoms with van der Waals surface area (Å²) in [7, 11) is 0. The number of aliphatic hydroxyl groups excluding tert-OH is 1. The van der Waals surface area contributed by atoms with Gasteiger partial charge in [-0.1, -0.05) is 0 Å². The fourth-order valence-corrected chi connectivity index (χ4v) is 1.80. The molecule has 1 unspecified atom stereocenters. The number of fused-ring (bicyclic) bond motifs is 1. The summed E-state index contributed by atoms with van der Waals surface area (Å²) in [6, 6.07) is 0.387. The fourth-order valence-electron chi connectivity index (χ4n) is 1.80. The molecule has 1 heterocycles. The minimum atomic E-state index is -0.281. The second kappa shape index (κ2) is 3.14. The molecule has 1 aromatic rings. The van der Waals surface area contributed by atoms with Crippen molar-refractivity contribution in [1.82, 2.24) is 9.78 Å². The first-order valence-electron chi connectivity index (χ1n) is 4.94. The first-order chi connectivity index (χ1) is 6.18. The Labute approximate surface area is 78.4 Å². The van der Waals surface area contributed by atoms with Gasteiger partial charge in [0.2, 0.25) is 0 Å². The average molecular weight is 180 g/mol. The fraction of sp³-hybridized carbons (Fsp3) is 0.700. The molecule has 2 rings (SSSR count). The van der Waals surface area contributed by atoms with E-state index in [4.69, 9.17) is 0 Å². The number of aliphatic hydroxyl groups is 1. The summed E-state index contributed by atoms with van der Waals surface area (Å²) in [6.45, 7) is 4.20. The van der Waals surface area contributed by atoms with E-state index in [1.54, 1.807) is 0 Å². The Kier molecular flexibility index (Phi) is 2.12. The zero-order valence-electron chi connectivity index (χ0n) is 8.20. The van der Waals surface area contributed by atoms with Gasteiger partial charge in [-0.15, -0.1) is 0 Å². The topological polar surface area (TPSA) is 38.0 Å². The first-order valence-corrected chi connectivity index (χ1v) is 4.94. The van der Waals surface area contributed by atoms with Gasteiger partial charge in [-0.05, 0) is 33.1 Å². The molecule has 1 aromatic heterocycles. The Hall–Kier alpha value is -0.830. The maximum Gasteiger partial charge on any atom is 0.0823 e. The van der Waals surface area contributed by atoms with Crippen LogP contribution in [0.3, 0.4) is 0 Å². The molecule has 1 aliphatic carbocycles. The van der Waals surface area contributed by atoms with Gasteiger partial charge in [0.1, 0.15) is 0 Å². The second-order valence-corrected chi connectivity index (χ2v) is 4.01. The standard InChI is InChI=1S/C10H16N2O/c1-7(2)12-6-8-9(11-12)4-3-5-10(8)13/h6-7,10,13H,3-5H2,1-2H3. The predicted molar refractivity (Wildman–Crippen MR) is 50.5 cm³/mol. The Morgan fingerprint density at radius 2 is 2.38 bits per heavy atom. The van der Waals surface area contributed by atoms with Gasteiger partial charge in [-0.3, -0.25) is 4.68 Å². The third-order valence-corrected chi connectivity index (χ3v) is 2.62. The predicted octanol–water partition coefficient (Wildman–Crippen LogP) is 1.83. The molecular weight excluding hydrogens is 164 g/mol. The van der Waals surface area contributed by atoms with Crippen LogP contribution in [0.2, 0.25) is 0 Å². The van der Waals surface area contributed by atoms with Gasteiger partial charge < -0.3 is 5.11 Å². The molecular formula is C10H16N2O. The van der Waals surface area contributed by atoms with E-state index in [0.29, 0.717) is 6.04 Å². The van der Waals surface area contributed by atoms with Crippen LogP contribution in [-0.4, -0.2) is 14.9 Å². The minimum absolute atomic E-state index is 0.281. The van der Waals surface area contributed by atoms with Crippen LogP contribution in [0.25, 0.3) is 0 Å². The lowest BCUT2D eigenvalue weighted by Crippen LogP contribution is -2.07. The zero-order valence-corrected chi connectivity index (χ0v) is 8.20. The van der Waals surface area contributed by atoms with E-state index in [9.17, 15) is 5.11 Å². The maximum atomic E-state index is 9.70. The number of hydrogen-bond donors (Lipinski definition) is 1. The number of aryl methyl sites for hydroxylation is 1. The molecule has 3 heteroatoms. The normalized spacial score (nSPS) is 22.0. The van der Waals surface area contributed by atoms with Crippen LogP contribution in [0.4, 0.5) is 0 Å². The molecule has 0 bridgehead atoms. The van der Waals surface area contributed by atoms with Gasteiger partial charge >= 0.3 is 0 Å². The van der Waals surface area contributed by atoms with Crippen molar-refractivity contribution in [3.8, 4) is 0 Å². The van der Waals surface area contributed by atoms with Crippen LogP contribution < -0.4 is 0 Å². The van der Waals surface area contributed by atoms with Crippen molar-refractivity contribution in [3.05, 3.63) is 17.5 Å². The zero-order chi connectivity index (χ0) is 9.42. The van der Waals surface area contributed by atoms with E-state index in [1.165, 1.54) is 0 Å². The summed E-state index contributed by atoms with van der Waals surface area (Å²) in [4.78, 5) is 0. The van der Waals surface area contributed by atoms with Gasteiger partial charge in [0, 0.05) is 17.8 Å². The van der Waals surface area contributed by atoms with Gasteiger partial charge in [-0.25, -0.2) is 0 Å². The smallest absolute Gasteiger partial charge is 0.0823 e. The first kappa shape index (κ1) is 8.75. The summed E-state index contributed by atoms with van der Waals surface area (Å²) < 4.78 is 1.94. The van der Waals surface area contributed by atoms with Crippen molar-refractivity contribution in [2.45, 2.75) is 45.3 Å². The van der Waals surface area contributed by atoms with Crippen molar-refractivity contribution in [3.63, 3.8) is 0 Å². The van der Waals surface area contributed by atoms with Crippen LogP contribution in [-0.2, 0) is 6.42 Å². The largest absolute Gasteiger partial charge is 0.388 e. The van der Waals surface area contributed by atoms with Crippen molar-refractivity contribution in [2.24, 2.45) is 0 Å². The molecule has 1 atom stereocenters. The van der Waals surface area contributed by atoms with Crippen LogP contribution in [0, 0.1) is 0 Å². The van der Waals surface area contributed by atoms with Crippen LogP contribution >= 0.6 is 0 Å². The van der Waals surface area contributed by atoms with E-state index in [2.05, 4.69) is 18.9 Å². The lowest BCUT2D eigenvalue weighted by molar-refractivity contribution is 0.156. The van der Waals surface area contributed by atoms with Crippen molar-refractivity contribution < 1.29 is 5.11 Å². The molecule has 0 saturated heterocycles. The molecule has 0 spiro atoms. The molecule has 13 heavy (non-hydrogen) atoms. The summed E-state index contributed by atoms with van der Waals surface area (Å²) in [5.41, 5.74) is 2.13. The Balaban J connectivity index is 2.36. The van der Waals surface area contributed by atoms with Gasteiger partial charge in [0.05, 0.1) is 11.8 Å². The SMILES string of the molecule is CC(C)n1cc2c(n1)CCCC2O. The number of aromatic nitrogens is 2. The highest BCUT2D eigenvalue weighted by molar-refractivity contribution is 5.22. The Bertz CT molecular complexity index is 304. The molecule has 0 saturated carbocycles.